The number of imidazole rings is 1. The van der Waals surface area contributed by atoms with Gasteiger partial charge in [-0.2, -0.15) is 5.10 Å². The molecule has 28 heavy (non-hydrogen) atoms. The van der Waals surface area contributed by atoms with Crippen LogP contribution in [-0.2, 0) is 23.3 Å². The highest BCUT2D eigenvalue weighted by atomic mass is 16.4. The number of rotatable bonds is 2. The molecule has 0 fully saturated rings. The van der Waals surface area contributed by atoms with Crippen molar-refractivity contribution in [2.45, 2.75) is 39.3 Å². The molecule has 3 N–H and O–H groups in total. The van der Waals surface area contributed by atoms with E-state index in [0.29, 0.717) is 24.6 Å². The van der Waals surface area contributed by atoms with E-state index in [1.54, 1.807) is 4.90 Å². The molecule has 2 aromatic heterocycles. The summed E-state index contributed by atoms with van der Waals surface area (Å²) in [6.45, 7) is 7.03. The number of aromatic nitrogens is 4. The summed E-state index contributed by atoms with van der Waals surface area (Å²) >= 11 is 0. The van der Waals surface area contributed by atoms with Gasteiger partial charge in [-0.05, 0) is 38.5 Å². The molecule has 1 aromatic carbocycles. The summed E-state index contributed by atoms with van der Waals surface area (Å²) in [6, 6.07) is 3.93. The highest BCUT2D eigenvalue weighted by Gasteiger charge is 2.43. The third-order valence-corrected chi connectivity index (χ3v) is 5.81. The number of carbonyl (C=O) groups excluding carboxylic acids is 1. The van der Waals surface area contributed by atoms with Gasteiger partial charge < -0.3 is 15.0 Å². The first-order chi connectivity index (χ1) is 13.3. The molecule has 4 heterocycles. The van der Waals surface area contributed by atoms with E-state index in [1.807, 2.05) is 32.9 Å². The highest BCUT2D eigenvalue weighted by Crippen LogP contribution is 2.43. The second kappa shape index (κ2) is 5.34. The Balaban J connectivity index is 1.61. The molecule has 0 atom stereocenters. The number of fused-ring (bicyclic) bond motifs is 3. The van der Waals surface area contributed by atoms with Gasteiger partial charge in [-0.25, -0.2) is 9.78 Å². The van der Waals surface area contributed by atoms with Gasteiger partial charge in [0, 0.05) is 12.1 Å². The lowest BCUT2D eigenvalue weighted by Gasteiger charge is -2.18. The quantitative estimate of drug-likeness (QED) is 0.631. The van der Waals surface area contributed by atoms with Gasteiger partial charge in [-0.3, -0.25) is 14.8 Å². The minimum atomic E-state index is -0.955. The fourth-order valence-electron chi connectivity index (χ4n) is 4.23. The Morgan fingerprint density at radius 2 is 2.11 bits per heavy atom. The monoisotopic (exact) mass is 380 g/mol. The average molecular weight is 380 g/mol. The van der Waals surface area contributed by atoms with Crippen LogP contribution < -0.4 is 4.90 Å². The summed E-state index contributed by atoms with van der Waals surface area (Å²) in [6.07, 6.45) is -0.955. The van der Waals surface area contributed by atoms with Gasteiger partial charge in [0.25, 0.3) is 0 Å². The van der Waals surface area contributed by atoms with Crippen molar-refractivity contribution in [3.05, 3.63) is 29.0 Å². The predicted molar refractivity (Wildman–Crippen MR) is 102 cm³/mol. The number of nitrogens with one attached hydrogen (secondary N) is 2. The lowest BCUT2D eigenvalue weighted by Crippen LogP contribution is -2.35. The predicted octanol–water partition coefficient (Wildman–Crippen LogP) is 2.59. The maximum Gasteiger partial charge on any atom is 0.407 e. The van der Waals surface area contributed by atoms with E-state index in [2.05, 4.69) is 20.2 Å². The van der Waals surface area contributed by atoms with E-state index in [0.717, 1.165) is 33.5 Å². The van der Waals surface area contributed by atoms with E-state index >= 15 is 0 Å². The van der Waals surface area contributed by atoms with Crippen molar-refractivity contribution >= 4 is 28.7 Å². The molecule has 0 unspecified atom stereocenters. The first-order valence-corrected chi connectivity index (χ1v) is 9.21. The van der Waals surface area contributed by atoms with Crippen LogP contribution >= 0.6 is 0 Å². The van der Waals surface area contributed by atoms with Crippen LogP contribution in [-0.4, -0.2) is 48.7 Å². The Bertz CT molecular complexity index is 1160. The Hall–Kier alpha value is -3.36. The number of hydrogen-bond acceptors (Lipinski definition) is 4. The summed E-state index contributed by atoms with van der Waals surface area (Å²) in [4.78, 5) is 35.1. The van der Waals surface area contributed by atoms with Crippen LogP contribution in [0.1, 0.15) is 37.6 Å². The van der Waals surface area contributed by atoms with Crippen LogP contribution in [0.3, 0.4) is 0 Å². The zero-order valence-electron chi connectivity index (χ0n) is 15.8. The molecule has 0 radical (unpaired) electrons. The van der Waals surface area contributed by atoms with Crippen molar-refractivity contribution in [1.82, 2.24) is 25.1 Å². The first kappa shape index (κ1) is 16.8. The van der Waals surface area contributed by atoms with Crippen LogP contribution in [0, 0.1) is 0 Å². The van der Waals surface area contributed by atoms with E-state index in [9.17, 15) is 14.7 Å². The number of carboxylic acid groups (broad SMARTS) is 1. The lowest BCUT2D eigenvalue weighted by molar-refractivity contribution is -0.122. The molecule has 5 rings (SSSR count). The lowest BCUT2D eigenvalue weighted by atomic mass is 9.86. The number of carbonyl (C=O) groups is 2. The van der Waals surface area contributed by atoms with Gasteiger partial charge >= 0.3 is 6.09 Å². The molecule has 2 amide bonds. The molecule has 0 bridgehead atoms. The van der Waals surface area contributed by atoms with Gasteiger partial charge in [-0.15, -0.1) is 0 Å². The zero-order chi connectivity index (χ0) is 19.8. The minimum Gasteiger partial charge on any atom is -0.465 e. The number of anilines is 1. The normalized spacial score (nSPS) is 17.5. The standard InChI is InChI=1S/C19H20N6O3/c1-4-25-14-6-12-11(5-10(14)19(2,3)17(25)26)20-16(21-12)15-9-7-24(18(27)28)8-13(9)22-23-15/h5-6H,4,7-8H2,1-3H3,(H,20,21)(H,22,23)(H,27,28). The summed E-state index contributed by atoms with van der Waals surface area (Å²) in [5.41, 5.74) is 5.15. The van der Waals surface area contributed by atoms with Crippen LogP contribution in [0.2, 0.25) is 0 Å². The number of likely N-dealkylation sites (N-methyl/N-ethyl adjacent to an activating group) is 1. The van der Waals surface area contributed by atoms with Crippen molar-refractivity contribution < 1.29 is 14.7 Å². The summed E-state index contributed by atoms with van der Waals surface area (Å²) in [5.74, 6) is 0.687. The van der Waals surface area contributed by atoms with Crippen molar-refractivity contribution in [2.24, 2.45) is 0 Å². The van der Waals surface area contributed by atoms with E-state index in [4.69, 9.17) is 0 Å². The van der Waals surface area contributed by atoms with Gasteiger partial charge in [0.15, 0.2) is 5.82 Å². The minimum absolute atomic E-state index is 0.0942. The second-order valence-electron chi connectivity index (χ2n) is 7.81. The topological polar surface area (TPSA) is 118 Å². The molecule has 9 heteroatoms. The maximum atomic E-state index is 12.7. The Morgan fingerprint density at radius 1 is 1.32 bits per heavy atom. The van der Waals surface area contributed by atoms with Crippen LogP contribution in [0.4, 0.5) is 10.5 Å². The molecule has 0 aliphatic carbocycles. The molecule has 0 spiro atoms. The number of H-pyrrole nitrogens is 2. The number of aromatic amines is 2. The van der Waals surface area contributed by atoms with Crippen LogP contribution in [0.5, 0.6) is 0 Å². The van der Waals surface area contributed by atoms with Gasteiger partial charge in [0.1, 0.15) is 5.69 Å². The second-order valence-corrected chi connectivity index (χ2v) is 7.81. The molecular weight excluding hydrogens is 360 g/mol. The molecule has 0 saturated heterocycles. The third kappa shape index (κ3) is 2.07. The van der Waals surface area contributed by atoms with Gasteiger partial charge in [0.2, 0.25) is 5.91 Å². The molecule has 144 valence electrons. The first-order valence-electron chi connectivity index (χ1n) is 9.21. The number of benzene rings is 1. The SMILES string of the molecule is CCN1C(=O)C(C)(C)c2cc3[nH]c(-c4n[nH]c5c4CN(C(=O)O)C5)nc3cc21. The summed E-state index contributed by atoms with van der Waals surface area (Å²) in [5, 5.41) is 16.5. The van der Waals surface area contributed by atoms with E-state index < -0.39 is 11.5 Å². The fourth-order valence-corrected chi connectivity index (χ4v) is 4.23. The van der Waals surface area contributed by atoms with Crippen molar-refractivity contribution in [3.8, 4) is 11.5 Å². The van der Waals surface area contributed by atoms with Crippen molar-refractivity contribution in [3.63, 3.8) is 0 Å². The molecule has 3 aromatic rings. The van der Waals surface area contributed by atoms with Gasteiger partial charge in [-0.1, -0.05) is 0 Å². The smallest absolute Gasteiger partial charge is 0.407 e. The largest absolute Gasteiger partial charge is 0.465 e. The molecule has 0 saturated carbocycles. The average Bonchev–Trinajstić information content (AvgIpc) is 3.36. The Labute approximate surface area is 160 Å². The third-order valence-electron chi connectivity index (χ3n) is 5.81. The number of nitrogens with zero attached hydrogens (tertiary/aromatic N) is 4. The van der Waals surface area contributed by atoms with Crippen LogP contribution in [0.25, 0.3) is 22.6 Å². The zero-order valence-corrected chi connectivity index (χ0v) is 15.8. The van der Waals surface area contributed by atoms with E-state index in [1.165, 1.54) is 4.90 Å². The van der Waals surface area contributed by atoms with Crippen molar-refractivity contribution in [2.75, 3.05) is 11.4 Å². The van der Waals surface area contributed by atoms with E-state index in [-0.39, 0.29) is 12.5 Å². The van der Waals surface area contributed by atoms with Crippen molar-refractivity contribution in [1.29, 1.82) is 0 Å². The Morgan fingerprint density at radius 3 is 2.82 bits per heavy atom. The van der Waals surface area contributed by atoms with Gasteiger partial charge in [0.05, 0.1) is 40.9 Å². The molecule has 9 nitrogen and oxygen atoms in total. The van der Waals surface area contributed by atoms with Crippen LogP contribution in [0.15, 0.2) is 12.1 Å². The molecule has 2 aliphatic rings. The number of amides is 2. The maximum absolute atomic E-state index is 12.7. The summed E-state index contributed by atoms with van der Waals surface area (Å²) in [7, 11) is 0. The highest BCUT2D eigenvalue weighted by molar-refractivity contribution is 6.09. The summed E-state index contributed by atoms with van der Waals surface area (Å²) < 4.78 is 0. The molecule has 2 aliphatic heterocycles. The number of hydrogen-bond donors (Lipinski definition) is 3. The Kier molecular flexibility index (Phi) is 3.20. The fraction of sp³-hybridized carbons (Fsp3) is 0.368. The molecular formula is C19H20N6O3.